The second-order valence-corrected chi connectivity index (χ2v) is 6.19. The van der Waals surface area contributed by atoms with Gasteiger partial charge in [0, 0.05) is 12.0 Å². The number of halogens is 1. The van der Waals surface area contributed by atoms with Crippen LogP contribution < -0.4 is 10.5 Å². The number of ether oxygens (including phenoxy) is 1. The van der Waals surface area contributed by atoms with Gasteiger partial charge < -0.3 is 15.3 Å². The first-order valence-electron chi connectivity index (χ1n) is 8.23. The minimum absolute atomic E-state index is 0.0355. The summed E-state index contributed by atoms with van der Waals surface area (Å²) in [4.78, 5) is 3.42. The first kappa shape index (κ1) is 17.5. The number of hydrogen-bond acceptors (Lipinski definition) is 3. The van der Waals surface area contributed by atoms with E-state index < -0.39 is 5.82 Å². The zero-order chi connectivity index (χ0) is 18.7. The van der Waals surface area contributed by atoms with Crippen LogP contribution in [0.2, 0.25) is 0 Å². The smallest absolute Gasteiger partial charge is 0.280 e. The largest absolute Gasteiger partial charge is 0.489 e. The molecule has 3 rings (SSSR count). The molecule has 2 aromatic carbocycles. The van der Waals surface area contributed by atoms with Crippen molar-refractivity contribution in [3.63, 3.8) is 0 Å². The molecule has 0 saturated heterocycles. The number of hydrogen-bond donors (Lipinski definition) is 1. The minimum Gasteiger partial charge on any atom is -0.489 e. The van der Waals surface area contributed by atoms with Crippen LogP contribution in [-0.2, 0) is 6.61 Å². The lowest BCUT2D eigenvalue weighted by Gasteiger charge is -2.08. The van der Waals surface area contributed by atoms with E-state index in [9.17, 15) is 4.39 Å². The molecule has 0 fully saturated rings. The number of rotatable bonds is 5. The normalized spacial score (nSPS) is 10.7. The Morgan fingerprint density at radius 2 is 1.96 bits per heavy atom. The molecule has 1 heterocycles. The second kappa shape index (κ2) is 7.28. The van der Waals surface area contributed by atoms with Crippen LogP contribution in [0.3, 0.4) is 0 Å². The van der Waals surface area contributed by atoms with Gasteiger partial charge in [0.15, 0.2) is 11.5 Å². The maximum absolute atomic E-state index is 14.6. The van der Waals surface area contributed by atoms with Crippen molar-refractivity contribution in [1.82, 2.24) is 9.78 Å². The molecular formula is C20H19FN4O. The Kier molecular flexibility index (Phi) is 4.90. The summed E-state index contributed by atoms with van der Waals surface area (Å²) in [5.41, 5.74) is 8.04. The van der Waals surface area contributed by atoms with E-state index in [0.29, 0.717) is 23.7 Å². The van der Waals surface area contributed by atoms with Gasteiger partial charge in [-0.2, -0.15) is 4.68 Å². The van der Waals surface area contributed by atoms with Crippen molar-refractivity contribution in [3.05, 3.63) is 77.0 Å². The van der Waals surface area contributed by atoms with E-state index in [4.69, 9.17) is 17.0 Å². The molecule has 0 aliphatic heterocycles. The van der Waals surface area contributed by atoms with Crippen LogP contribution >= 0.6 is 0 Å². The first-order valence-corrected chi connectivity index (χ1v) is 8.23. The summed E-state index contributed by atoms with van der Waals surface area (Å²) >= 11 is 0. The lowest BCUT2D eigenvalue weighted by atomic mass is 10.1. The molecule has 0 aliphatic carbocycles. The lowest BCUT2D eigenvalue weighted by molar-refractivity contribution is 0.304. The molecule has 0 saturated carbocycles. The molecule has 2 N–H and O–H groups in total. The Morgan fingerprint density at radius 3 is 2.58 bits per heavy atom. The summed E-state index contributed by atoms with van der Waals surface area (Å²) in [5.74, 6) is 0.0285. The Balaban J connectivity index is 1.89. The third-order valence-electron chi connectivity index (χ3n) is 3.97. The maximum atomic E-state index is 14.6. The van der Waals surface area contributed by atoms with Gasteiger partial charge in [0.05, 0.1) is 11.4 Å². The lowest BCUT2D eigenvalue weighted by Crippen LogP contribution is -2.02. The summed E-state index contributed by atoms with van der Waals surface area (Å²) in [5, 5.41) is 4.33. The predicted octanol–water partition coefficient (Wildman–Crippen LogP) is 4.85. The fraction of sp³-hybridized carbons (Fsp3) is 0.200. The maximum Gasteiger partial charge on any atom is 0.280 e. The van der Waals surface area contributed by atoms with Gasteiger partial charge in [-0.25, -0.2) is 4.39 Å². The molecule has 0 unspecified atom stereocenters. The molecule has 0 atom stereocenters. The summed E-state index contributed by atoms with van der Waals surface area (Å²) in [7, 11) is 0. The Hall–Kier alpha value is -3.33. The van der Waals surface area contributed by atoms with E-state index in [1.807, 2.05) is 44.2 Å². The van der Waals surface area contributed by atoms with E-state index in [1.165, 1.54) is 10.7 Å². The van der Waals surface area contributed by atoms with Gasteiger partial charge in [-0.15, -0.1) is 0 Å². The molecule has 3 aromatic rings. The SMILES string of the molecule is [C-]#[N+]c1c(N)c(C(C)C)nn1-c1ccc(OCc2ccccc2)cc1F. The molecule has 0 spiro atoms. The number of benzene rings is 2. The molecule has 0 bridgehead atoms. The second-order valence-electron chi connectivity index (χ2n) is 6.19. The summed E-state index contributed by atoms with van der Waals surface area (Å²) in [6, 6.07) is 14.1. The fourth-order valence-electron chi connectivity index (χ4n) is 2.63. The molecule has 0 radical (unpaired) electrons. The van der Waals surface area contributed by atoms with Crippen LogP contribution in [0.4, 0.5) is 15.9 Å². The van der Waals surface area contributed by atoms with Gasteiger partial charge >= 0.3 is 0 Å². The van der Waals surface area contributed by atoms with Crippen LogP contribution in [0, 0.1) is 12.4 Å². The number of anilines is 1. The molecule has 0 aliphatic rings. The van der Waals surface area contributed by atoms with E-state index in [2.05, 4.69) is 9.94 Å². The molecule has 6 heteroatoms. The standard InChI is InChI=1S/C20H19FN4O/c1-13(2)19-18(22)20(23-3)25(24-19)17-10-9-15(11-16(17)21)26-12-14-7-5-4-6-8-14/h4-11,13H,12,22H2,1-2H3. The van der Waals surface area contributed by atoms with Crippen molar-refractivity contribution in [3.8, 4) is 11.4 Å². The molecular weight excluding hydrogens is 331 g/mol. The number of nitrogen functional groups attached to an aromatic ring is 1. The molecule has 0 amide bonds. The zero-order valence-electron chi connectivity index (χ0n) is 14.6. The zero-order valence-corrected chi connectivity index (χ0v) is 14.6. The number of aromatic nitrogens is 2. The quantitative estimate of drug-likeness (QED) is 0.670. The summed E-state index contributed by atoms with van der Waals surface area (Å²) in [6.07, 6.45) is 0. The fourth-order valence-corrected chi connectivity index (χ4v) is 2.63. The van der Waals surface area contributed by atoms with Crippen LogP contribution in [0.1, 0.15) is 31.0 Å². The topological polar surface area (TPSA) is 57.4 Å². The molecule has 132 valence electrons. The molecule has 26 heavy (non-hydrogen) atoms. The highest BCUT2D eigenvalue weighted by Crippen LogP contribution is 2.34. The highest BCUT2D eigenvalue weighted by molar-refractivity contribution is 5.69. The Morgan fingerprint density at radius 1 is 1.23 bits per heavy atom. The van der Waals surface area contributed by atoms with Gasteiger partial charge in [-0.05, 0) is 17.7 Å². The van der Waals surface area contributed by atoms with Gasteiger partial charge in [0.2, 0.25) is 0 Å². The van der Waals surface area contributed by atoms with Gasteiger partial charge in [-0.1, -0.05) is 55.9 Å². The number of nitrogens with zero attached hydrogens (tertiary/aromatic N) is 3. The van der Waals surface area contributed by atoms with Crippen molar-refractivity contribution in [2.45, 2.75) is 26.4 Å². The van der Waals surface area contributed by atoms with Gasteiger partial charge in [0.1, 0.15) is 12.4 Å². The van der Waals surface area contributed by atoms with Crippen molar-refractivity contribution in [2.75, 3.05) is 5.73 Å². The van der Waals surface area contributed by atoms with Crippen molar-refractivity contribution in [2.24, 2.45) is 0 Å². The van der Waals surface area contributed by atoms with Crippen LogP contribution in [0.15, 0.2) is 48.5 Å². The minimum atomic E-state index is -0.529. The summed E-state index contributed by atoms with van der Waals surface area (Å²) in [6.45, 7) is 11.5. The summed E-state index contributed by atoms with van der Waals surface area (Å²) < 4.78 is 21.5. The van der Waals surface area contributed by atoms with E-state index in [1.54, 1.807) is 12.1 Å². The average molecular weight is 350 g/mol. The van der Waals surface area contributed by atoms with Gasteiger partial charge in [0.25, 0.3) is 5.82 Å². The highest BCUT2D eigenvalue weighted by Gasteiger charge is 2.22. The highest BCUT2D eigenvalue weighted by atomic mass is 19.1. The van der Waals surface area contributed by atoms with Crippen LogP contribution in [-0.4, -0.2) is 9.78 Å². The molecule has 1 aromatic heterocycles. The van der Waals surface area contributed by atoms with Gasteiger partial charge in [-0.3, -0.25) is 0 Å². The Bertz CT molecular complexity index is 958. The first-order chi connectivity index (χ1) is 12.5. The van der Waals surface area contributed by atoms with Crippen LogP contribution in [0.5, 0.6) is 5.75 Å². The monoisotopic (exact) mass is 350 g/mol. The van der Waals surface area contributed by atoms with Crippen LogP contribution in [0.25, 0.3) is 10.5 Å². The molecule has 5 nitrogen and oxygen atoms in total. The van der Waals surface area contributed by atoms with E-state index in [-0.39, 0.29) is 17.4 Å². The third-order valence-corrected chi connectivity index (χ3v) is 3.97. The average Bonchev–Trinajstić information content (AvgIpc) is 2.97. The number of nitrogens with two attached hydrogens (primary N) is 1. The van der Waals surface area contributed by atoms with Crippen molar-refractivity contribution >= 4 is 11.5 Å². The van der Waals surface area contributed by atoms with E-state index in [0.717, 1.165) is 5.56 Å². The Labute approximate surface area is 151 Å². The van der Waals surface area contributed by atoms with Crippen molar-refractivity contribution < 1.29 is 9.13 Å². The van der Waals surface area contributed by atoms with Crippen molar-refractivity contribution in [1.29, 1.82) is 0 Å². The predicted molar refractivity (Wildman–Crippen MR) is 99.1 cm³/mol. The third kappa shape index (κ3) is 3.38. The van der Waals surface area contributed by atoms with E-state index >= 15 is 0 Å².